The van der Waals surface area contributed by atoms with Gasteiger partial charge in [-0.25, -0.2) is 9.97 Å². The highest BCUT2D eigenvalue weighted by atomic mass is 16.2. The van der Waals surface area contributed by atoms with E-state index in [0.717, 1.165) is 35.3 Å². The lowest BCUT2D eigenvalue weighted by atomic mass is 9.94. The summed E-state index contributed by atoms with van der Waals surface area (Å²) in [5, 5.41) is 5.43. The molecule has 1 aliphatic heterocycles. The van der Waals surface area contributed by atoms with Gasteiger partial charge < -0.3 is 9.88 Å². The number of benzene rings is 1. The molecule has 176 valence electrons. The Kier molecular flexibility index (Phi) is 5.80. The van der Waals surface area contributed by atoms with Crippen molar-refractivity contribution in [2.75, 3.05) is 6.54 Å². The van der Waals surface area contributed by atoms with E-state index in [-0.39, 0.29) is 23.3 Å². The number of nitrogens with zero attached hydrogens (tertiary/aromatic N) is 5. The highest BCUT2D eigenvalue weighted by Gasteiger charge is 2.49. The van der Waals surface area contributed by atoms with Crippen LogP contribution in [-0.2, 0) is 28.1 Å². The molecule has 10 nitrogen and oxygen atoms in total. The van der Waals surface area contributed by atoms with Gasteiger partial charge in [-0.3, -0.25) is 14.3 Å². The van der Waals surface area contributed by atoms with Crippen LogP contribution in [0.4, 0.5) is 0 Å². The Hall–Kier alpha value is -4.43. The average Bonchev–Trinajstić information content (AvgIpc) is 3.34. The first-order chi connectivity index (χ1) is 17.0. The van der Waals surface area contributed by atoms with Crippen molar-refractivity contribution in [3.05, 3.63) is 77.8 Å². The number of rotatable bonds is 5. The van der Waals surface area contributed by atoms with Crippen molar-refractivity contribution in [1.29, 1.82) is 0 Å². The summed E-state index contributed by atoms with van der Waals surface area (Å²) >= 11 is 0. The number of carbonyl (C=O) groups is 2. The third kappa shape index (κ3) is 4.27. The fourth-order valence-corrected chi connectivity index (χ4v) is 4.62. The van der Waals surface area contributed by atoms with Crippen LogP contribution >= 0.6 is 0 Å². The van der Waals surface area contributed by atoms with Crippen molar-refractivity contribution in [1.82, 2.24) is 29.6 Å². The van der Waals surface area contributed by atoms with Crippen LogP contribution in [0.5, 0.6) is 0 Å². The largest absolute Gasteiger partial charge is 0.373 e. The second-order valence-electron chi connectivity index (χ2n) is 8.76. The highest BCUT2D eigenvalue weighted by Crippen LogP contribution is 2.50. The quantitative estimate of drug-likeness (QED) is 0.444. The summed E-state index contributed by atoms with van der Waals surface area (Å²) in [5.41, 5.74) is 2.63. The molecular formula is C25H22N6O4. The predicted octanol–water partition coefficient (Wildman–Crippen LogP) is 2.53. The minimum atomic E-state index is -0.262. The maximum absolute atomic E-state index is 13.3. The standard InChI is InChI=1S/C24H22N6O2.CO2/c31-21(13-24(6-7-24)23-25-8-3-9-26-23)17-14-27-30-11-10-29(15-20(17)30)22(32)19-12-16-4-1-2-5-18(16)28-19;2-1-3/h1-5,8-9,12,14,28H,6-7,10-11,13,15H2;. The van der Waals surface area contributed by atoms with Gasteiger partial charge in [0, 0.05) is 41.7 Å². The van der Waals surface area contributed by atoms with Crippen molar-refractivity contribution in [3.8, 4) is 0 Å². The number of aromatic amines is 1. The minimum absolute atomic E-state index is 0.0381. The minimum Gasteiger partial charge on any atom is -0.351 e. The van der Waals surface area contributed by atoms with E-state index in [0.29, 0.717) is 37.3 Å². The molecular weight excluding hydrogens is 448 g/mol. The third-order valence-electron chi connectivity index (χ3n) is 6.61. The van der Waals surface area contributed by atoms with Gasteiger partial charge in [0.2, 0.25) is 0 Å². The van der Waals surface area contributed by atoms with Gasteiger partial charge in [-0.2, -0.15) is 14.7 Å². The van der Waals surface area contributed by atoms with E-state index in [9.17, 15) is 9.59 Å². The molecule has 3 aromatic heterocycles. The van der Waals surface area contributed by atoms with Crippen LogP contribution < -0.4 is 0 Å². The van der Waals surface area contributed by atoms with Gasteiger partial charge in [0.15, 0.2) is 5.78 Å². The average molecular weight is 470 g/mol. The fourth-order valence-electron chi connectivity index (χ4n) is 4.62. The Labute approximate surface area is 200 Å². The Morgan fingerprint density at radius 3 is 2.51 bits per heavy atom. The molecule has 1 amide bonds. The lowest BCUT2D eigenvalue weighted by molar-refractivity contribution is -0.191. The van der Waals surface area contributed by atoms with Crippen LogP contribution in [0.15, 0.2) is 55.0 Å². The number of Topliss-reactive ketones (excluding diaryl/α,β-unsaturated/α-hetero) is 1. The molecule has 0 unspecified atom stereocenters. The van der Waals surface area contributed by atoms with Gasteiger partial charge in [-0.1, -0.05) is 18.2 Å². The lowest BCUT2D eigenvalue weighted by Crippen LogP contribution is -2.39. The summed E-state index contributed by atoms with van der Waals surface area (Å²) in [6.07, 6.45) is 7.54. The summed E-state index contributed by atoms with van der Waals surface area (Å²) in [5.74, 6) is 0.713. The monoisotopic (exact) mass is 470 g/mol. The first-order valence-corrected chi connectivity index (χ1v) is 11.3. The summed E-state index contributed by atoms with van der Waals surface area (Å²) in [7, 11) is 0. The maximum atomic E-state index is 13.3. The van der Waals surface area contributed by atoms with Crippen molar-refractivity contribution in [2.45, 2.75) is 37.8 Å². The summed E-state index contributed by atoms with van der Waals surface area (Å²) < 4.78 is 1.85. The molecule has 1 saturated carbocycles. The molecule has 0 bridgehead atoms. The maximum Gasteiger partial charge on any atom is 0.373 e. The van der Waals surface area contributed by atoms with E-state index < -0.39 is 0 Å². The van der Waals surface area contributed by atoms with E-state index in [4.69, 9.17) is 9.59 Å². The highest BCUT2D eigenvalue weighted by molar-refractivity contribution is 5.99. The van der Waals surface area contributed by atoms with Crippen LogP contribution in [0.1, 0.15) is 51.6 Å². The van der Waals surface area contributed by atoms with E-state index in [1.54, 1.807) is 29.6 Å². The fraction of sp³-hybridized carbons (Fsp3) is 0.280. The van der Waals surface area contributed by atoms with Crippen LogP contribution in [0.25, 0.3) is 10.9 Å². The third-order valence-corrected chi connectivity index (χ3v) is 6.61. The number of carbonyl (C=O) groups excluding carboxylic acids is 4. The molecule has 0 atom stereocenters. The second kappa shape index (κ2) is 9.08. The zero-order chi connectivity index (χ0) is 24.4. The molecule has 10 heteroatoms. The smallest absolute Gasteiger partial charge is 0.351 e. The normalized spacial score (nSPS) is 15.5. The van der Waals surface area contributed by atoms with Gasteiger partial charge in [-0.05, 0) is 31.0 Å². The van der Waals surface area contributed by atoms with Crippen LogP contribution in [0.2, 0.25) is 0 Å². The summed E-state index contributed by atoms with van der Waals surface area (Å²) in [6.45, 7) is 1.49. The summed E-state index contributed by atoms with van der Waals surface area (Å²) in [4.78, 5) is 56.4. The number of amides is 1. The predicted molar refractivity (Wildman–Crippen MR) is 122 cm³/mol. The first kappa shape index (κ1) is 22.4. The van der Waals surface area contributed by atoms with Crippen LogP contribution in [-0.4, -0.2) is 54.0 Å². The van der Waals surface area contributed by atoms with E-state index in [2.05, 4.69) is 20.1 Å². The Morgan fingerprint density at radius 2 is 1.80 bits per heavy atom. The molecule has 1 fully saturated rings. The number of fused-ring (bicyclic) bond motifs is 2. The first-order valence-electron chi connectivity index (χ1n) is 11.3. The van der Waals surface area contributed by atoms with E-state index >= 15 is 0 Å². The van der Waals surface area contributed by atoms with Gasteiger partial charge in [-0.15, -0.1) is 0 Å². The zero-order valence-corrected chi connectivity index (χ0v) is 18.8. The van der Waals surface area contributed by atoms with E-state index in [1.807, 2.05) is 35.0 Å². The van der Waals surface area contributed by atoms with Crippen molar-refractivity contribution >= 4 is 28.7 Å². The summed E-state index contributed by atoms with van der Waals surface area (Å²) in [6, 6.07) is 11.5. The Balaban J connectivity index is 0.000000806. The molecule has 1 aliphatic carbocycles. The molecule has 0 saturated heterocycles. The van der Waals surface area contributed by atoms with Crippen molar-refractivity contribution < 1.29 is 19.2 Å². The molecule has 0 radical (unpaired) electrons. The van der Waals surface area contributed by atoms with Crippen molar-refractivity contribution in [3.63, 3.8) is 0 Å². The number of ketones is 1. The van der Waals surface area contributed by atoms with E-state index in [1.165, 1.54) is 0 Å². The molecule has 35 heavy (non-hydrogen) atoms. The topological polar surface area (TPSA) is 131 Å². The molecule has 2 aliphatic rings. The molecule has 4 heterocycles. The van der Waals surface area contributed by atoms with Gasteiger partial charge in [0.1, 0.15) is 11.5 Å². The molecule has 6 rings (SSSR count). The molecule has 1 aromatic carbocycles. The number of hydrogen-bond donors (Lipinski definition) is 1. The number of H-pyrrole nitrogens is 1. The van der Waals surface area contributed by atoms with Crippen LogP contribution in [0.3, 0.4) is 0 Å². The number of hydrogen-bond acceptors (Lipinski definition) is 7. The van der Waals surface area contributed by atoms with Gasteiger partial charge in [0.05, 0.1) is 30.5 Å². The number of aromatic nitrogens is 5. The number of nitrogens with one attached hydrogen (secondary N) is 1. The van der Waals surface area contributed by atoms with Crippen molar-refractivity contribution in [2.24, 2.45) is 0 Å². The second-order valence-corrected chi connectivity index (χ2v) is 8.76. The lowest BCUT2D eigenvalue weighted by Gasteiger charge is -2.28. The molecule has 1 N–H and O–H groups in total. The molecule has 0 spiro atoms. The van der Waals surface area contributed by atoms with Gasteiger partial charge in [0.25, 0.3) is 5.91 Å². The Morgan fingerprint density at radius 1 is 1.06 bits per heavy atom. The molecule has 4 aromatic rings. The Bertz CT molecular complexity index is 1400. The number of para-hydroxylation sites is 1. The van der Waals surface area contributed by atoms with Gasteiger partial charge >= 0.3 is 6.15 Å². The zero-order valence-electron chi connectivity index (χ0n) is 18.8. The SMILES string of the molecule is O=C(CC1(c2ncccn2)CC1)c1cnn2c1CN(C(=O)c1cc3ccccc3[nH]1)CC2.O=C=O. The van der Waals surface area contributed by atoms with Crippen LogP contribution in [0, 0.1) is 0 Å².